The number of ether oxygens (including phenoxy) is 2. The zero-order chi connectivity index (χ0) is 60.2. The summed E-state index contributed by atoms with van der Waals surface area (Å²) < 4.78 is 13.5. The van der Waals surface area contributed by atoms with Crippen LogP contribution in [0.2, 0.25) is 0 Å². The molecular formula is C63H79N19O4. The molecule has 6 aromatic rings. The van der Waals surface area contributed by atoms with E-state index in [1.165, 1.54) is 18.4 Å². The van der Waals surface area contributed by atoms with Gasteiger partial charge in [0.2, 0.25) is 0 Å². The number of rotatable bonds is 8. The summed E-state index contributed by atoms with van der Waals surface area (Å²) in [6.45, 7) is 31.9. The summed E-state index contributed by atoms with van der Waals surface area (Å²) >= 11 is 0. The normalized spacial score (nSPS) is 19.3. The predicted octanol–water partition coefficient (Wildman–Crippen LogP) is 9.45. The number of alkyl carbamates (subject to hydrolysis) is 1. The largest absolute Gasteiger partial charge is 0.444 e. The second-order valence-electron chi connectivity index (χ2n) is 25.2. The van der Waals surface area contributed by atoms with E-state index in [0.717, 1.165) is 204 Å². The van der Waals surface area contributed by atoms with Gasteiger partial charge < -0.3 is 55.5 Å². The first-order valence-electron chi connectivity index (χ1n) is 30.5. The van der Waals surface area contributed by atoms with Crippen molar-refractivity contribution in [3.63, 3.8) is 0 Å². The number of hydrogen-bond donors (Lipinski definition) is 3. The van der Waals surface area contributed by atoms with Gasteiger partial charge in [-0.15, -0.1) is 15.1 Å². The van der Waals surface area contributed by atoms with Crippen LogP contribution in [0.4, 0.5) is 45.3 Å². The molecule has 12 heterocycles. The molecule has 1 unspecified atom stereocenters. The highest BCUT2D eigenvalue weighted by Crippen LogP contribution is 2.40. The summed E-state index contributed by atoms with van der Waals surface area (Å²) in [6.07, 6.45) is 18.3. The number of aliphatic imine (C=N–C) groups is 1. The summed E-state index contributed by atoms with van der Waals surface area (Å²) in [5.41, 5.74) is 20.7. The Morgan fingerprint density at radius 1 is 0.721 bits per heavy atom. The third-order valence-corrected chi connectivity index (χ3v) is 17.6. The van der Waals surface area contributed by atoms with Crippen molar-refractivity contribution in [3.8, 4) is 0 Å². The highest BCUT2D eigenvalue weighted by Gasteiger charge is 2.36. The molecule has 3 saturated heterocycles. The van der Waals surface area contributed by atoms with Crippen LogP contribution >= 0.6 is 0 Å². The molecule has 7 aliphatic rings. The molecule has 1 atom stereocenters. The lowest BCUT2D eigenvalue weighted by atomic mass is 9.80. The van der Waals surface area contributed by atoms with Crippen LogP contribution in [-0.2, 0) is 41.7 Å². The minimum atomic E-state index is -0.517. The van der Waals surface area contributed by atoms with Gasteiger partial charge in [-0.05, 0) is 158 Å². The van der Waals surface area contributed by atoms with Crippen LogP contribution in [0.25, 0.3) is 20.9 Å². The van der Waals surface area contributed by atoms with Gasteiger partial charge in [0.05, 0.1) is 41.7 Å². The van der Waals surface area contributed by atoms with Crippen LogP contribution in [0.3, 0.4) is 0 Å². The van der Waals surface area contributed by atoms with E-state index in [0.29, 0.717) is 37.0 Å². The number of hydrogen-bond acceptors (Lipinski definition) is 18. The Morgan fingerprint density at radius 3 is 2.03 bits per heavy atom. The zero-order valence-corrected chi connectivity index (χ0v) is 50.3. The van der Waals surface area contributed by atoms with E-state index in [1.807, 2.05) is 56.0 Å². The van der Waals surface area contributed by atoms with Crippen molar-refractivity contribution in [3.05, 3.63) is 111 Å². The SMILES string of the molecule is CC1(CN)CCN(c2cnc3c(n2)CN=C3N2CCCc3nc(C(N)=O)ccc32)CC1.[C-]#[N+]c1ccc2c(n1)CCCC2.[C-]#[N+]c1ccc2c(n1)CCCN2c1nn(C2CCCCO2)c2nc(N3CCC(C)(CNC(=O)OC(C)(C)C)CC3)cnc12. The number of amidine groups is 1. The Hall–Kier alpha value is -8.41. The molecule has 0 spiro atoms. The minimum absolute atomic E-state index is 0.0292. The number of primary amides is 1. The number of nitrogens with one attached hydrogen (secondary N) is 1. The van der Waals surface area contributed by atoms with Gasteiger partial charge in [-0.3, -0.25) is 9.79 Å². The van der Waals surface area contributed by atoms with E-state index >= 15 is 0 Å². The van der Waals surface area contributed by atoms with Gasteiger partial charge in [-0.1, -0.05) is 33.1 Å². The number of carbonyl (C=O) groups is 2. The lowest BCUT2D eigenvalue weighted by Gasteiger charge is -2.40. The highest BCUT2D eigenvalue weighted by atomic mass is 16.6. The number of anilines is 5. The van der Waals surface area contributed by atoms with Gasteiger partial charge in [0.1, 0.15) is 34.3 Å². The first kappa shape index (κ1) is 59.3. The number of piperidine rings is 2. The van der Waals surface area contributed by atoms with Crippen molar-refractivity contribution in [2.75, 3.05) is 78.6 Å². The maximum atomic E-state index is 12.2. The van der Waals surface area contributed by atoms with Gasteiger partial charge >= 0.3 is 6.09 Å². The topological polar surface area (TPSA) is 259 Å². The lowest BCUT2D eigenvalue weighted by Crippen LogP contribution is -2.46. The lowest BCUT2D eigenvalue weighted by molar-refractivity contribution is -0.0368. The number of fused-ring (bicyclic) bond motifs is 5. The van der Waals surface area contributed by atoms with E-state index in [1.54, 1.807) is 12.1 Å². The fourth-order valence-corrected chi connectivity index (χ4v) is 12.3. The van der Waals surface area contributed by atoms with Gasteiger partial charge in [0.25, 0.3) is 17.5 Å². The molecule has 2 amide bonds. The summed E-state index contributed by atoms with van der Waals surface area (Å²) in [5.74, 6) is 3.76. The van der Waals surface area contributed by atoms with Crippen molar-refractivity contribution in [1.82, 2.24) is 50.0 Å². The third-order valence-electron chi connectivity index (χ3n) is 17.6. The van der Waals surface area contributed by atoms with Gasteiger partial charge in [0, 0.05) is 65.3 Å². The summed E-state index contributed by atoms with van der Waals surface area (Å²) in [4.78, 5) is 77.3. The van der Waals surface area contributed by atoms with E-state index in [-0.39, 0.29) is 23.2 Å². The molecule has 0 radical (unpaired) electrons. The van der Waals surface area contributed by atoms with Crippen LogP contribution < -0.4 is 36.4 Å². The van der Waals surface area contributed by atoms with Crippen LogP contribution in [0, 0.1) is 24.0 Å². The third kappa shape index (κ3) is 13.2. The molecule has 0 saturated carbocycles. The Kier molecular flexibility index (Phi) is 17.4. The molecular weight excluding hydrogens is 1090 g/mol. The highest BCUT2D eigenvalue weighted by molar-refractivity contribution is 6.11. The first-order chi connectivity index (χ1) is 41.5. The first-order valence-corrected chi connectivity index (χ1v) is 30.5. The smallest absolute Gasteiger partial charge is 0.407 e. The summed E-state index contributed by atoms with van der Waals surface area (Å²) in [7, 11) is 0. The summed E-state index contributed by atoms with van der Waals surface area (Å²) in [6, 6.07) is 11.2. The maximum Gasteiger partial charge on any atom is 0.407 e. The van der Waals surface area contributed by atoms with Crippen molar-refractivity contribution in [1.29, 1.82) is 0 Å². The van der Waals surface area contributed by atoms with Gasteiger partial charge in [-0.2, -0.15) is 0 Å². The van der Waals surface area contributed by atoms with Crippen molar-refractivity contribution >= 4 is 69.5 Å². The number of nitrogens with zero attached hydrogens (tertiary/aromatic N) is 16. The van der Waals surface area contributed by atoms with E-state index in [4.69, 9.17) is 64.1 Å². The number of pyridine rings is 3. The molecule has 6 aliphatic heterocycles. The van der Waals surface area contributed by atoms with Crippen LogP contribution in [0.5, 0.6) is 0 Å². The monoisotopic (exact) mass is 1170 g/mol. The van der Waals surface area contributed by atoms with Crippen molar-refractivity contribution in [2.45, 2.75) is 149 Å². The average Bonchev–Trinajstić information content (AvgIpc) is 1.76. The molecule has 23 heteroatoms. The maximum absolute atomic E-state index is 12.2. The van der Waals surface area contributed by atoms with Crippen LogP contribution in [-0.4, -0.2) is 127 Å². The van der Waals surface area contributed by atoms with Crippen LogP contribution in [0.15, 0.2) is 53.8 Å². The molecule has 450 valence electrons. The molecule has 0 aromatic carbocycles. The zero-order valence-electron chi connectivity index (χ0n) is 50.3. The minimum Gasteiger partial charge on any atom is -0.444 e. The Balaban J connectivity index is 0.000000154. The van der Waals surface area contributed by atoms with Crippen molar-refractivity contribution < 1.29 is 19.1 Å². The van der Waals surface area contributed by atoms with E-state index in [2.05, 4.69) is 69.5 Å². The standard InChI is InChI=1S/C31H41N9O3.C22H28N8O.C10H10N2/c1-30(2,3)43-29(41)34-20-31(4)13-16-38(17-14-31)24-19-33-26-27(36-24)40(25-10-6-7-18-42-25)37-28(26)39-15-8-9-21-22(39)11-12-23(32-5)35-21;1-22(13-23)6-9-29(10-7-22)18-12-25-19-16(28-18)11-26-21(19)30-8-2-3-14-17(30)5-4-15(27-14)20(24)31;1-11-10-7-6-8-4-2-3-5-9(8)12-10/h11-12,19,25H,6-10,13-18,20H2,1-4H3,(H,34,41);4-5,12H,2-3,6-11,13,23H2,1H3,(H2,24,31);6-7H,2-5H2. The molecule has 5 N–H and O–H groups in total. The average molecular weight is 1170 g/mol. The molecule has 0 bridgehead atoms. The van der Waals surface area contributed by atoms with Crippen LogP contribution in [0.1, 0.15) is 156 Å². The molecule has 23 nitrogen and oxygen atoms in total. The number of aryl methyl sites for hydroxylation is 4. The molecule has 6 aromatic heterocycles. The fraction of sp³-hybridized carbons (Fsp3) is 0.540. The van der Waals surface area contributed by atoms with Gasteiger partial charge in [0.15, 0.2) is 34.7 Å². The number of nitrogens with two attached hydrogens (primary N) is 2. The quantitative estimate of drug-likeness (QED) is 0.120. The van der Waals surface area contributed by atoms with Gasteiger partial charge in [-0.25, -0.2) is 34.4 Å². The number of amides is 2. The molecule has 86 heavy (non-hydrogen) atoms. The summed E-state index contributed by atoms with van der Waals surface area (Å²) in [5, 5.41) is 8.05. The second-order valence-corrected chi connectivity index (χ2v) is 25.2. The second kappa shape index (κ2) is 25.3. The molecule has 3 fully saturated rings. The van der Waals surface area contributed by atoms with Crippen molar-refractivity contribution in [2.24, 2.45) is 27.3 Å². The fourth-order valence-electron chi connectivity index (χ4n) is 12.3. The van der Waals surface area contributed by atoms with E-state index in [9.17, 15) is 9.59 Å². The molecule has 1 aliphatic carbocycles. The Morgan fingerprint density at radius 2 is 1.35 bits per heavy atom. The predicted molar refractivity (Wildman–Crippen MR) is 330 cm³/mol. The molecule has 13 rings (SSSR count). The Labute approximate surface area is 503 Å². The number of carbonyl (C=O) groups excluding carboxylic acids is 2. The number of aromatic nitrogens is 9. The Bertz CT molecular complexity index is 3600. The van der Waals surface area contributed by atoms with E-state index < -0.39 is 11.5 Å².